The number of nitrogens with two attached hydrogens (primary N) is 1. The van der Waals surface area contributed by atoms with Gasteiger partial charge in [0.2, 0.25) is 11.8 Å². The van der Waals surface area contributed by atoms with Crippen LogP contribution in [0.3, 0.4) is 0 Å². The van der Waals surface area contributed by atoms with Gasteiger partial charge in [-0.05, 0) is 79.8 Å². The van der Waals surface area contributed by atoms with E-state index in [1.54, 1.807) is 49.4 Å². The van der Waals surface area contributed by atoms with Crippen LogP contribution in [0.1, 0.15) is 84.2 Å². The molecule has 4 aliphatic rings. The maximum Gasteiger partial charge on any atom is 0.264 e. The number of carbonyl (C=O) groups is 2. The van der Waals surface area contributed by atoms with Gasteiger partial charge >= 0.3 is 0 Å². The molecule has 8 rings (SSSR count). The zero-order valence-electron chi connectivity index (χ0n) is 30.6. The summed E-state index contributed by atoms with van der Waals surface area (Å²) in [6.07, 6.45) is 8.89. The Morgan fingerprint density at radius 3 is 2.43 bits per heavy atom. The normalized spacial score (nSPS) is 18.8. The molecule has 0 aliphatic carbocycles. The number of nitrogens with zero attached hydrogens (tertiary/aromatic N) is 9. The monoisotopic (exact) mass is 726 g/mol. The molecular formula is C39H48F2N10O2. The van der Waals surface area contributed by atoms with Crippen molar-refractivity contribution in [3.8, 4) is 11.1 Å². The molecule has 12 nitrogen and oxygen atoms in total. The number of primary amides is 1. The molecule has 0 unspecified atom stereocenters. The van der Waals surface area contributed by atoms with E-state index in [9.17, 15) is 18.4 Å². The number of anilines is 3. The van der Waals surface area contributed by atoms with Gasteiger partial charge in [0, 0.05) is 107 Å². The van der Waals surface area contributed by atoms with Crippen LogP contribution in [-0.4, -0.2) is 92.0 Å². The van der Waals surface area contributed by atoms with E-state index in [4.69, 9.17) is 10.8 Å². The molecule has 0 radical (unpaired) electrons. The molecule has 0 atom stereocenters. The number of rotatable bonds is 8. The smallest absolute Gasteiger partial charge is 0.264 e. The van der Waals surface area contributed by atoms with Crippen LogP contribution in [-0.2, 0) is 31.2 Å². The van der Waals surface area contributed by atoms with E-state index in [0.29, 0.717) is 42.2 Å². The summed E-state index contributed by atoms with van der Waals surface area (Å²) >= 11 is 0. The first-order chi connectivity index (χ1) is 25.6. The highest BCUT2D eigenvalue weighted by Gasteiger charge is 2.35. The molecule has 2 saturated heterocycles. The molecule has 2 N–H and O–H groups in total. The predicted molar refractivity (Wildman–Crippen MR) is 198 cm³/mol. The Bertz CT molecular complexity index is 1980. The fourth-order valence-corrected chi connectivity index (χ4v) is 8.85. The van der Waals surface area contributed by atoms with E-state index < -0.39 is 12.3 Å². The summed E-state index contributed by atoms with van der Waals surface area (Å²) in [7, 11) is 1.79. The average molecular weight is 727 g/mol. The number of hydrogen-bond donors (Lipinski definition) is 1. The van der Waals surface area contributed by atoms with E-state index in [1.165, 1.54) is 5.69 Å². The Morgan fingerprint density at radius 1 is 0.981 bits per heavy atom. The first kappa shape index (κ1) is 35.2. The zero-order valence-corrected chi connectivity index (χ0v) is 30.6. The topological polar surface area (TPSA) is 122 Å². The molecule has 7 heterocycles. The highest BCUT2D eigenvalue weighted by atomic mass is 19.3. The van der Waals surface area contributed by atoms with Gasteiger partial charge in [0.15, 0.2) is 5.82 Å². The maximum atomic E-state index is 14.7. The minimum Gasteiger partial charge on any atom is -0.366 e. The second-order valence-electron chi connectivity index (χ2n) is 15.1. The number of halogens is 2. The largest absolute Gasteiger partial charge is 0.366 e. The fourth-order valence-electron chi connectivity index (χ4n) is 8.85. The molecule has 2 amide bonds. The van der Waals surface area contributed by atoms with Crippen molar-refractivity contribution in [2.45, 2.75) is 70.9 Å². The third kappa shape index (κ3) is 7.00. The van der Waals surface area contributed by atoms with Crippen LogP contribution in [0.5, 0.6) is 0 Å². The first-order valence-corrected chi connectivity index (χ1v) is 18.9. The Balaban J connectivity index is 0.989. The molecule has 1 aromatic carbocycles. The predicted octanol–water partition coefficient (Wildman–Crippen LogP) is 5.26. The SMILES string of the molecule is CC(=O)N1CCc2c(c(N3CCCc4cc(-c5cnn(C)c5)c(C(F)F)cc43)nn2C2CCN(CC3CCN(c4ccc(C(N)=O)cn4)CC3)CC2)C1. The van der Waals surface area contributed by atoms with Gasteiger partial charge in [-0.15, -0.1) is 0 Å². The standard InChI is InChI=1S/C39H48F2N10O2/c1-25(52)49-17-11-34-33(24-49)39(50-12-3-4-27-18-31(29-21-44-46(2)23-29)32(37(40)41)19-35(27)50)45-51(34)30-9-13-47(14-10-30)22-26-7-15-48(16-8-26)36-6-5-28(20-43-36)38(42)53/h5-6,18-21,23,26,30,37H,3-4,7-17,22,24H2,1-2H3,(H2,42,53). The lowest BCUT2D eigenvalue weighted by Crippen LogP contribution is -2.42. The molecule has 2 fully saturated rings. The van der Waals surface area contributed by atoms with Crippen molar-refractivity contribution in [3.63, 3.8) is 0 Å². The number of aromatic nitrogens is 5. The van der Waals surface area contributed by atoms with Crippen molar-refractivity contribution >= 4 is 29.1 Å². The molecule has 53 heavy (non-hydrogen) atoms. The number of benzene rings is 1. The molecule has 0 saturated carbocycles. The second kappa shape index (κ2) is 14.5. The summed E-state index contributed by atoms with van der Waals surface area (Å²) < 4.78 is 33.2. The Morgan fingerprint density at radius 2 is 1.77 bits per heavy atom. The van der Waals surface area contributed by atoms with E-state index in [2.05, 4.69) is 29.5 Å². The summed E-state index contributed by atoms with van der Waals surface area (Å²) in [5.41, 5.74) is 11.0. The third-order valence-electron chi connectivity index (χ3n) is 11.8. The maximum absolute atomic E-state index is 14.7. The molecule has 0 spiro atoms. The number of pyridine rings is 1. The lowest BCUT2D eigenvalue weighted by atomic mass is 9.92. The third-order valence-corrected chi connectivity index (χ3v) is 11.8. The van der Waals surface area contributed by atoms with Crippen molar-refractivity contribution in [3.05, 3.63) is 70.8 Å². The van der Waals surface area contributed by atoms with Crippen molar-refractivity contribution in [2.75, 3.05) is 55.6 Å². The van der Waals surface area contributed by atoms with Crippen molar-refractivity contribution in [1.29, 1.82) is 0 Å². The number of piperidine rings is 2. The second-order valence-corrected chi connectivity index (χ2v) is 15.1. The van der Waals surface area contributed by atoms with Crippen LogP contribution in [0.15, 0.2) is 42.9 Å². The Kier molecular flexibility index (Phi) is 9.64. The van der Waals surface area contributed by atoms with Gasteiger partial charge in [0.1, 0.15) is 5.82 Å². The summed E-state index contributed by atoms with van der Waals surface area (Å²) in [5.74, 6) is 1.87. The summed E-state index contributed by atoms with van der Waals surface area (Å²) in [6.45, 7) is 8.34. The Labute approximate surface area is 308 Å². The fraction of sp³-hybridized carbons (Fsp3) is 0.513. The summed E-state index contributed by atoms with van der Waals surface area (Å²) in [6, 6.07) is 7.45. The van der Waals surface area contributed by atoms with Crippen LogP contribution in [0.2, 0.25) is 0 Å². The molecule has 4 aromatic rings. The molecule has 3 aromatic heterocycles. The van der Waals surface area contributed by atoms with Gasteiger partial charge in [-0.2, -0.15) is 10.2 Å². The zero-order chi connectivity index (χ0) is 36.8. The minimum absolute atomic E-state index is 0.00381. The lowest BCUT2D eigenvalue weighted by molar-refractivity contribution is -0.129. The summed E-state index contributed by atoms with van der Waals surface area (Å²) in [5, 5.41) is 9.57. The van der Waals surface area contributed by atoms with E-state index in [-0.39, 0.29) is 17.5 Å². The molecule has 14 heteroatoms. The van der Waals surface area contributed by atoms with Gasteiger partial charge in [-0.25, -0.2) is 13.8 Å². The van der Waals surface area contributed by atoms with Gasteiger partial charge in [0.25, 0.3) is 6.43 Å². The van der Waals surface area contributed by atoms with Crippen LogP contribution in [0.25, 0.3) is 11.1 Å². The number of carbonyl (C=O) groups excluding carboxylic acids is 2. The van der Waals surface area contributed by atoms with Gasteiger partial charge < -0.3 is 25.3 Å². The van der Waals surface area contributed by atoms with Crippen molar-refractivity contribution in [2.24, 2.45) is 18.7 Å². The van der Waals surface area contributed by atoms with Crippen LogP contribution in [0, 0.1) is 5.92 Å². The Hall–Kier alpha value is -4.85. The van der Waals surface area contributed by atoms with E-state index in [1.807, 2.05) is 17.0 Å². The van der Waals surface area contributed by atoms with Crippen LogP contribution in [0.4, 0.5) is 26.1 Å². The number of aryl methyl sites for hydroxylation is 2. The highest BCUT2D eigenvalue weighted by molar-refractivity contribution is 5.92. The average Bonchev–Trinajstić information content (AvgIpc) is 3.78. The molecule has 280 valence electrons. The van der Waals surface area contributed by atoms with Crippen LogP contribution >= 0.6 is 0 Å². The molecular weight excluding hydrogens is 678 g/mol. The van der Waals surface area contributed by atoms with E-state index in [0.717, 1.165) is 106 Å². The number of fused-ring (bicyclic) bond motifs is 2. The van der Waals surface area contributed by atoms with Gasteiger partial charge in [0.05, 0.1) is 24.3 Å². The number of hydrogen-bond acceptors (Lipinski definition) is 8. The lowest BCUT2D eigenvalue weighted by Gasteiger charge is -2.38. The molecule has 4 aliphatic heterocycles. The first-order valence-electron chi connectivity index (χ1n) is 18.9. The van der Waals surface area contributed by atoms with Crippen LogP contribution < -0.4 is 15.5 Å². The quantitative estimate of drug-likeness (QED) is 0.261. The number of alkyl halides is 2. The summed E-state index contributed by atoms with van der Waals surface area (Å²) in [4.78, 5) is 37.4. The van der Waals surface area contributed by atoms with E-state index >= 15 is 0 Å². The number of amides is 2. The van der Waals surface area contributed by atoms with Crippen molar-refractivity contribution in [1.82, 2.24) is 34.3 Å². The molecule has 0 bridgehead atoms. The van der Waals surface area contributed by atoms with Gasteiger partial charge in [-0.3, -0.25) is 19.0 Å². The van der Waals surface area contributed by atoms with Crippen molar-refractivity contribution < 1.29 is 18.4 Å². The van der Waals surface area contributed by atoms with Gasteiger partial charge in [-0.1, -0.05) is 0 Å². The minimum atomic E-state index is -2.64. The highest BCUT2D eigenvalue weighted by Crippen LogP contribution is 2.44. The number of likely N-dealkylation sites (tertiary alicyclic amines) is 1.